The van der Waals surface area contributed by atoms with E-state index in [-0.39, 0.29) is 12.2 Å². The van der Waals surface area contributed by atoms with Gasteiger partial charge in [0.25, 0.3) is 0 Å². The summed E-state index contributed by atoms with van der Waals surface area (Å²) in [7, 11) is 1.52. The quantitative estimate of drug-likeness (QED) is 0.567. The predicted molar refractivity (Wildman–Crippen MR) is 75.0 cm³/mol. The third-order valence-electron chi connectivity index (χ3n) is 2.56. The molecule has 0 spiro atoms. The van der Waals surface area contributed by atoms with Crippen molar-refractivity contribution >= 4 is 17.3 Å². The van der Waals surface area contributed by atoms with Crippen molar-refractivity contribution < 1.29 is 9.13 Å². The average Bonchev–Trinajstić information content (AvgIpc) is 2.49. The lowest BCUT2D eigenvalue weighted by molar-refractivity contribution is 0.178. The molecule has 0 aliphatic carbocycles. The number of nitrogens with zero attached hydrogens (tertiary/aromatic N) is 3. The van der Waals surface area contributed by atoms with Gasteiger partial charge in [-0.1, -0.05) is 0 Å². The van der Waals surface area contributed by atoms with Gasteiger partial charge in [0.1, 0.15) is 30.1 Å². The molecule has 0 amide bonds. The second-order valence-electron chi connectivity index (χ2n) is 4.06. The fourth-order valence-electron chi connectivity index (χ4n) is 1.68. The van der Waals surface area contributed by atoms with Gasteiger partial charge < -0.3 is 15.5 Å². The van der Waals surface area contributed by atoms with Crippen LogP contribution in [0, 0.1) is 17.1 Å². The van der Waals surface area contributed by atoms with Gasteiger partial charge in [0.2, 0.25) is 0 Å². The van der Waals surface area contributed by atoms with Crippen LogP contribution in [0.5, 0.6) is 0 Å². The first kappa shape index (κ1) is 14.6. The van der Waals surface area contributed by atoms with Crippen LogP contribution in [0.1, 0.15) is 11.4 Å². The van der Waals surface area contributed by atoms with E-state index < -0.39 is 5.82 Å². The first-order chi connectivity index (χ1) is 10.2. The Kier molecular flexibility index (Phi) is 4.61. The Labute approximate surface area is 120 Å². The highest BCUT2D eigenvalue weighted by Crippen LogP contribution is 2.21. The number of benzene rings is 1. The smallest absolute Gasteiger partial charge is 0.158 e. The molecule has 0 bridgehead atoms. The Morgan fingerprint density at radius 2 is 2.10 bits per heavy atom. The Morgan fingerprint density at radius 1 is 1.33 bits per heavy atom. The molecule has 0 unspecified atom stereocenters. The molecule has 0 aliphatic heterocycles. The molecule has 1 heterocycles. The van der Waals surface area contributed by atoms with Crippen LogP contribution in [-0.4, -0.2) is 17.1 Å². The number of halogens is 1. The van der Waals surface area contributed by atoms with Crippen LogP contribution in [0.25, 0.3) is 0 Å². The van der Waals surface area contributed by atoms with E-state index in [9.17, 15) is 4.39 Å². The largest absolute Gasteiger partial charge is 0.377 e. The zero-order valence-electron chi connectivity index (χ0n) is 11.2. The van der Waals surface area contributed by atoms with E-state index in [0.717, 1.165) is 6.07 Å². The van der Waals surface area contributed by atoms with Crippen molar-refractivity contribution in [2.75, 3.05) is 17.9 Å². The number of nitrogens with two attached hydrogens (primary N) is 1. The molecule has 1 aromatic heterocycles. The van der Waals surface area contributed by atoms with Gasteiger partial charge in [-0.2, -0.15) is 5.26 Å². The number of nitriles is 1. The summed E-state index contributed by atoms with van der Waals surface area (Å²) in [6.07, 6.45) is 0. The molecule has 21 heavy (non-hydrogen) atoms. The Hall–Kier alpha value is -2.76. The summed E-state index contributed by atoms with van der Waals surface area (Å²) in [5, 5.41) is 12.0. The molecule has 0 fully saturated rings. The molecule has 2 rings (SSSR count). The summed E-state index contributed by atoms with van der Waals surface area (Å²) < 4.78 is 18.1. The summed E-state index contributed by atoms with van der Waals surface area (Å²) in [5.74, 6) is 6.07. The Bertz CT molecular complexity index is 685. The van der Waals surface area contributed by atoms with Gasteiger partial charge in [-0.3, -0.25) is 0 Å². The zero-order chi connectivity index (χ0) is 15.2. The van der Waals surface area contributed by atoms with Crippen LogP contribution in [0.15, 0.2) is 24.3 Å². The molecule has 7 nitrogen and oxygen atoms in total. The average molecular weight is 288 g/mol. The van der Waals surface area contributed by atoms with E-state index in [1.54, 1.807) is 6.07 Å². The summed E-state index contributed by atoms with van der Waals surface area (Å²) in [4.78, 5) is 8.32. The van der Waals surface area contributed by atoms with Gasteiger partial charge in [-0.25, -0.2) is 20.2 Å². The second-order valence-corrected chi connectivity index (χ2v) is 4.06. The molecule has 0 saturated carbocycles. The third-order valence-corrected chi connectivity index (χ3v) is 2.56. The fraction of sp³-hybridized carbons (Fsp3) is 0.154. The van der Waals surface area contributed by atoms with Crippen molar-refractivity contribution in [2.45, 2.75) is 6.61 Å². The molecule has 108 valence electrons. The van der Waals surface area contributed by atoms with Crippen LogP contribution in [-0.2, 0) is 11.3 Å². The monoisotopic (exact) mass is 288 g/mol. The van der Waals surface area contributed by atoms with Crippen molar-refractivity contribution in [1.29, 1.82) is 5.26 Å². The highest BCUT2D eigenvalue weighted by atomic mass is 19.1. The van der Waals surface area contributed by atoms with Gasteiger partial charge in [-0.15, -0.1) is 0 Å². The molecule has 0 saturated heterocycles. The lowest BCUT2D eigenvalue weighted by Crippen LogP contribution is -2.12. The maximum atomic E-state index is 13.1. The van der Waals surface area contributed by atoms with Gasteiger partial charge in [0.15, 0.2) is 5.82 Å². The highest BCUT2D eigenvalue weighted by molar-refractivity contribution is 5.65. The van der Waals surface area contributed by atoms with Crippen LogP contribution in [0.4, 0.5) is 21.7 Å². The minimum Gasteiger partial charge on any atom is -0.377 e. The maximum absolute atomic E-state index is 13.1. The van der Waals surface area contributed by atoms with Crippen LogP contribution in [0.2, 0.25) is 0 Å². The van der Waals surface area contributed by atoms with Crippen LogP contribution in [0.3, 0.4) is 0 Å². The SMILES string of the molecule is COCc1nc(NN)cc(Nc2ccc(F)cc2C#N)n1. The highest BCUT2D eigenvalue weighted by Gasteiger charge is 2.08. The number of methoxy groups -OCH3 is 1. The lowest BCUT2D eigenvalue weighted by Gasteiger charge is -2.10. The van der Waals surface area contributed by atoms with E-state index in [1.807, 2.05) is 6.07 Å². The standard InChI is InChI=1S/C13H13FN6O/c1-21-7-13-18-11(5-12(19-13)20-16)17-10-3-2-9(14)4-8(10)6-15/h2-5H,7,16H2,1H3,(H2,17,18,19,20). The lowest BCUT2D eigenvalue weighted by atomic mass is 10.2. The first-order valence-corrected chi connectivity index (χ1v) is 5.96. The van der Waals surface area contributed by atoms with Gasteiger partial charge in [-0.05, 0) is 18.2 Å². The molecule has 4 N–H and O–H groups in total. The Balaban J connectivity index is 2.35. The Morgan fingerprint density at radius 3 is 2.76 bits per heavy atom. The second kappa shape index (κ2) is 6.60. The van der Waals surface area contributed by atoms with E-state index in [0.29, 0.717) is 23.1 Å². The number of rotatable bonds is 5. The first-order valence-electron chi connectivity index (χ1n) is 5.96. The summed E-state index contributed by atoms with van der Waals surface area (Å²) in [6, 6.07) is 7.33. The molecular weight excluding hydrogens is 275 g/mol. The van der Waals surface area contributed by atoms with Crippen molar-refractivity contribution in [3.05, 3.63) is 41.5 Å². The van der Waals surface area contributed by atoms with Gasteiger partial charge in [0.05, 0.1) is 11.3 Å². The molecule has 0 radical (unpaired) electrons. The minimum absolute atomic E-state index is 0.171. The number of nitrogen functional groups attached to an aromatic ring is 1. The number of aromatic nitrogens is 2. The van der Waals surface area contributed by atoms with Crippen LogP contribution < -0.4 is 16.6 Å². The van der Waals surface area contributed by atoms with Gasteiger partial charge >= 0.3 is 0 Å². The molecule has 2 aromatic rings. The predicted octanol–water partition coefficient (Wildman–Crippen LogP) is 1.66. The number of ether oxygens (including phenoxy) is 1. The van der Waals surface area contributed by atoms with Crippen molar-refractivity contribution in [1.82, 2.24) is 9.97 Å². The third kappa shape index (κ3) is 3.62. The van der Waals surface area contributed by atoms with Crippen molar-refractivity contribution in [3.63, 3.8) is 0 Å². The molecule has 0 atom stereocenters. The molecule has 1 aromatic carbocycles. The molecule has 8 heteroatoms. The zero-order valence-corrected chi connectivity index (χ0v) is 11.2. The molecule has 0 aliphatic rings. The van der Waals surface area contributed by atoms with Crippen molar-refractivity contribution in [2.24, 2.45) is 5.84 Å². The van der Waals surface area contributed by atoms with E-state index in [2.05, 4.69) is 20.7 Å². The summed E-state index contributed by atoms with van der Waals surface area (Å²) in [6.45, 7) is 0.207. The van der Waals surface area contributed by atoms with Crippen molar-refractivity contribution in [3.8, 4) is 6.07 Å². The number of anilines is 3. The number of hydrogen-bond acceptors (Lipinski definition) is 7. The number of hydrogen-bond donors (Lipinski definition) is 3. The summed E-state index contributed by atoms with van der Waals surface area (Å²) >= 11 is 0. The number of nitrogens with one attached hydrogen (secondary N) is 2. The van der Waals surface area contributed by atoms with E-state index >= 15 is 0 Å². The van der Waals surface area contributed by atoms with E-state index in [4.69, 9.17) is 15.8 Å². The summed E-state index contributed by atoms with van der Waals surface area (Å²) in [5.41, 5.74) is 3.02. The minimum atomic E-state index is -0.482. The normalized spacial score (nSPS) is 10.0. The van der Waals surface area contributed by atoms with Crippen LogP contribution >= 0.6 is 0 Å². The fourth-order valence-corrected chi connectivity index (χ4v) is 1.68. The van der Waals surface area contributed by atoms with Gasteiger partial charge in [0, 0.05) is 13.2 Å². The topological polar surface area (TPSA) is 109 Å². The van der Waals surface area contributed by atoms with E-state index in [1.165, 1.54) is 19.2 Å². The maximum Gasteiger partial charge on any atom is 0.158 e. The molecular formula is C13H13FN6O. The number of hydrazine groups is 1.